The second-order valence-electron chi connectivity index (χ2n) is 4.30. The maximum atomic E-state index is 10.9. The van der Waals surface area contributed by atoms with E-state index in [0.29, 0.717) is 12.2 Å². The molecule has 1 aromatic carbocycles. The summed E-state index contributed by atoms with van der Waals surface area (Å²) in [5, 5.41) is 25.7. The molecule has 2 rings (SSSR count). The van der Waals surface area contributed by atoms with Crippen LogP contribution in [0.5, 0.6) is 5.75 Å². The number of phenols is 1. The molecule has 0 spiro atoms. The van der Waals surface area contributed by atoms with Gasteiger partial charge in [-0.3, -0.25) is 4.68 Å². The number of hydrogen-bond acceptors (Lipinski definition) is 4. The lowest BCUT2D eigenvalue weighted by Gasteiger charge is -2.07. The van der Waals surface area contributed by atoms with Gasteiger partial charge in [0.15, 0.2) is 0 Å². The van der Waals surface area contributed by atoms with Gasteiger partial charge in [0.1, 0.15) is 11.3 Å². The Balaban J connectivity index is 2.14. The van der Waals surface area contributed by atoms with Crippen molar-refractivity contribution in [2.24, 2.45) is 7.05 Å². The van der Waals surface area contributed by atoms with E-state index >= 15 is 0 Å². The lowest BCUT2D eigenvalue weighted by atomic mass is 10.1. The lowest BCUT2D eigenvalue weighted by molar-refractivity contribution is 0.0694. The number of aromatic hydroxyl groups is 1. The Labute approximate surface area is 110 Å². The van der Waals surface area contributed by atoms with Gasteiger partial charge in [0, 0.05) is 31.0 Å². The van der Waals surface area contributed by atoms with Crippen molar-refractivity contribution >= 4 is 11.7 Å². The quantitative estimate of drug-likeness (QED) is 0.730. The number of carboxylic acid groups (broad SMARTS) is 1. The van der Waals surface area contributed by atoms with Crippen LogP contribution in [0.2, 0.25) is 0 Å². The summed E-state index contributed by atoms with van der Waals surface area (Å²) in [4.78, 5) is 10.9. The number of nitrogens with zero attached hydrogens (tertiary/aromatic N) is 2. The molecular formula is C13H15N3O3. The Morgan fingerprint density at radius 2 is 2.21 bits per heavy atom. The molecule has 2 aromatic rings. The number of nitrogens with one attached hydrogen (secondary N) is 1. The van der Waals surface area contributed by atoms with Crippen LogP contribution < -0.4 is 5.32 Å². The number of aromatic carboxylic acids is 1. The fraction of sp³-hybridized carbons (Fsp3) is 0.231. The topological polar surface area (TPSA) is 87.4 Å². The SMILES string of the molecule is Cc1nn(C)cc1CNc1ccc(O)c(C(=O)O)c1. The molecule has 19 heavy (non-hydrogen) atoms. The van der Waals surface area contributed by atoms with E-state index in [0.717, 1.165) is 11.3 Å². The molecule has 1 heterocycles. The van der Waals surface area contributed by atoms with Crippen molar-refractivity contribution in [1.82, 2.24) is 9.78 Å². The van der Waals surface area contributed by atoms with Crippen molar-refractivity contribution in [3.63, 3.8) is 0 Å². The minimum absolute atomic E-state index is 0.118. The first-order valence-corrected chi connectivity index (χ1v) is 5.76. The smallest absolute Gasteiger partial charge is 0.339 e. The monoisotopic (exact) mass is 261 g/mol. The molecule has 0 fully saturated rings. The summed E-state index contributed by atoms with van der Waals surface area (Å²) in [6.45, 7) is 2.46. The molecule has 0 aliphatic rings. The van der Waals surface area contributed by atoms with Crippen molar-refractivity contribution in [1.29, 1.82) is 0 Å². The molecule has 0 saturated carbocycles. The van der Waals surface area contributed by atoms with Crippen LogP contribution in [0.1, 0.15) is 21.6 Å². The van der Waals surface area contributed by atoms with E-state index < -0.39 is 5.97 Å². The van der Waals surface area contributed by atoms with Crippen LogP contribution in [0, 0.1) is 6.92 Å². The zero-order chi connectivity index (χ0) is 14.0. The van der Waals surface area contributed by atoms with Crippen LogP contribution in [-0.2, 0) is 13.6 Å². The second kappa shape index (κ2) is 5.01. The number of hydrogen-bond donors (Lipinski definition) is 3. The van der Waals surface area contributed by atoms with Gasteiger partial charge in [0.25, 0.3) is 0 Å². The average Bonchev–Trinajstić information content (AvgIpc) is 2.66. The second-order valence-corrected chi connectivity index (χ2v) is 4.30. The van der Waals surface area contributed by atoms with Gasteiger partial charge < -0.3 is 15.5 Å². The number of carboxylic acids is 1. The van der Waals surface area contributed by atoms with E-state index in [-0.39, 0.29) is 11.3 Å². The van der Waals surface area contributed by atoms with E-state index in [4.69, 9.17) is 5.11 Å². The first kappa shape index (κ1) is 12.9. The summed E-state index contributed by atoms with van der Waals surface area (Å²) in [5.41, 5.74) is 2.48. The maximum Gasteiger partial charge on any atom is 0.339 e. The molecule has 0 unspecified atom stereocenters. The molecule has 100 valence electrons. The molecule has 0 aliphatic carbocycles. The van der Waals surface area contributed by atoms with Gasteiger partial charge >= 0.3 is 5.97 Å². The summed E-state index contributed by atoms with van der Waals surface area (Å²) in [6.07, 6.45) is 1.90. The molecular weight excluding hydrogens is 246 g/mol. The average molecular weight is 261 g/mol. The highest BCUT2D eigenvalue weighted by Gasteiger charge is 2.10. The van der Waals surface area contributed by atoms with Gasteiger partial charge in [0.05, 0.1) is 5.69 Å². The van der Waals surface area contributed by atoms with Gasteiger partial charge in [-0.05, 0) is 25.1 Å². The summed E-state index contributed by atoms with van der Waals surface area (Å²) in [6, 6.07) is 4.40. The Bertz CT molecular complexity index is 620. The van der Waals surface area contributed by atoms with E-state index in [9.17, 15) is 9.90 Å². The molecule has 6 heteroatoms. The predicted octanol–water partition coefficient (Wildman–Crippen LogP) is 1.74. The Morgan fingerprint density at radius 1 is 1.47 bits per heavy atom. The summed E-state index contributed by atoms with van der Waals surface area (Å²) < 4.78 is 1.73. The van der Waals surface area contributed by atoms with Crippen molar-refractivity contribution in [3.8, 4) is 5.75 Å². The largest absolute Gasteiger partial charge is 0.507 e. The first-order valence-electron chi connectivity index (χ1n) is 5.76. The predicted molar refractivity (Wildman–Crippen MR) is 70.3 cm³/mol. The maximum absolute atomic E-state index is 10.9. The number of anilines is 1. The number of rotatable bonds is 4. The van der Waals surface area contributed by atoms with E-state index in [1.807, 2.05) is 20.2 Å². The molecule has 3 N–H and O–H groups in total. The highest BCUT2D eigenvalue weighted by atomic mass is 16.4. The summed E-state index contributed by atoms with van der Waals surface area (Å²) >= 11 is 0. The van der Waals surface area contributed by atoms with Crippen LogP contribution in [0.4, 0.5) is 5.69 Å². The third-order valence-electron chi connectivity index (χ3n) is 2.83. The fourth-order valence-electron chi connectivity index (χ4n) is 1.84. The molecule has 0 aliphatic heterocycles. The number of aryl methyl sites for hydroxylation is 2. The zero-order valence-corrected chi connectivity index (χ0v) is 10.7. The third-order valence-corrected chi connectivity index (χ3v) is 2.83. The highest BCUT2D eigenvalue weighted by molar-refractivity contribution is 5.91. The Morgan fingerprint density at radius 3 is 2.79 bits per heavy atom. The van der Waals surface area contributed by atoms with Gasteiger partial charge in [-0.25, -0.2) is 4.79 Å². The van der Waals surface area contributed by atoms with Crippen molar-refractivity contribution in [2.45, 2.75) is 13.5 Å². The van der Waals surface area contributed by atoms with E-state index in [2.05, 4.69) is 10.4 Å². The van der Waals surface area contributed by atoms with Crippen LogP contribution in [0.25, 0.3) is 0 Å². The van der Waals surface area contributed by atoms with Crippen LogP contribution in [-0.4, -0.2) is 26.0 Å². The first-order chi connectivity index (χ1) is 8.97. The zero-order valence-electron chi connectivity index (χ0n) is 10.7. The van der Waals surface area contributed by atoms with Crippen LogP contribution in [0.15, 0.2) is 24.4 Å². The molecule has 0 bridgehead atoms. The summed E-state index contributed by atoms with van der Waals surface area (Å²) in [5.74, 6) is -1.39. The molecule has 0 atom stereocenters. The molecule has 6 nitrogen and oxygen atoms in total. The van der Waals surface area contributed by atoms with Crippen LogP contribution >= 0.6 is 0 Å². The van der Waals surface area contributed by atoms with Gasteiger partial charge in [-0.1, -0.05) is 0 Å². The van der Waals surface area contributed by atoms with Gasteiger partial charge in [-0.2, -0.15) is 5.10 Å². The van der Waals surface area contributed by atoms with E-state index in [1.165, 1.54) is 12.1 Å². The van der Waals surface area contributed by atoms with Gasteiger partial charge in [0.2, 0.25) is 0 Å². The Hall–Kier alpha value is -2.50. The van der Waals surface area contributed by atoms with Crippen molar-refractivity contribution in [3.05, 3.63) is 41.2 Å². The molecule has 0 amide bonds. The minimum atomic E-state index is -1.15. The molecule has 0 radical (unpaired) electrons. The minimum Gasteiger partial charge on any atom is -0.507 e. The number of carbonyl (C=O) groups is 1. The normalized spacial score (nSPS) is 10.4. The lowest BCUT2D eigenvalue weighted by Crippen LogP contribution is -2.02. The molecule has 0 saturated heterocycles. The fourth-order valence-corrected chi connectivity index (χ4v) is 1.84. The van der Waals surface area contributed by atoms with E-state index in [1.54, 1.807) is 10.7 Å². The van der Waals surface area contributed by atoms with Crippen molar-refractivity contribution < 1.29 is 15.0 Å². The third kappa shape index (κ3) is 2.85. The number of benzene rings is 1. The van der Waals surface area contributed by atoms with Crippen LogP contribution in [0.3, 0.4) is 0 Å². The van der Waals surface area contributed by atoms with Gasteiger partial charge in [-0.15, -0.1) is 0 Å². The summed E-state index contributed by atoms with van der Waals surface area (Å²) in [7, 11) is 1.85. The Kier molecular flexibility index (Phi) is 3.41. The standard InChI is InChI=1S/C13H15N3O3/c1-8-9(7-16(2)15-8)6-14-10-3-4-12(17)11(5-10)13(18)19/h3-5,7,14,17H,6H2,1-2H3,(H,18,19). The number of aromatic nitrogens is 2. The molecule has 1 aromatic heterocycles. The highest BCUT2D eigenvalue weighted by Crippen LogP contribution is 2.22. The van der Waals surface area contributed by atoms with Crippen molar-refractivity contribution in [2.75, 3.05) is 5.32 Å².